The second-order valence-electron chi connectivity index (χ2n) is 8.67. The molecule has 4 saturated carbocycles. The van der Waals surface area contributed by atoms with Gasteiger partial charge < -0.3 is 4.74 Å². The minimum atomic E-state index is -3.78. The number of methoxy groups -OCH3 is 1. The quantitative estimate of drug-likeness (QED) is 0.801. The summed E-state index contributed by atoms with van der Waals surface area (Å²) in [6, 6.07) is 5.92. The van der Waals surface area contributed by atoms with Crippen LogP contribution in [0.5, 0.6) is 0 Å². The maximum absolute atomic E-state index is 12.9. The molecule has 0 radical (unpaired) electrons. The number of carbonyl (C=O) groups excluding carboxylic acids is 1. The lowest BCUT2D eigenvalue weighted by Gasteiger charge is -2.58. The zero-order chi connectivity index (χ0) is 18.5. The van der Waals surface area contributed by atoms with Crippen LogP contribution >= 0.6 is 0 Å². The first kappa shape index (κ1) is 18.0. The standard InChI is InChI=1S/C20H27NO4S/c1-13-3-5-17(6-4-13)26(23,24)21-18(19(22)25-2)20-10-14-7-15(11-20)9-16(8-14)12-20/h3-6,14-16,18,21H,7-12H2,1-2H3. The Kier molecular flexibility index (Phi) is 4.39. The van der Waals surface area contributed by atoms with Crippen molar-refractivity contribution >= 4 is 16.0 Å². The smallest absolute Gasteiger partial charge is 0.324 e. The van der Waals surface area contributed by atoms with Crippen molar-refractivity contribution in [3.63, 3.8) is 0 Å². The van der Waals surface area contributed by atoms with Gasteiger partial charge in [0.1, 0.15) is 6.04 Å². The molecule has 1 aromatic carbocycles. The maximum atomic E-state index is 12.9. The Morgan fingerprint density at radius 1 is 1.08 bits per heavy atom. The van der Waals surface area contributed by atoms with Crippen LogP contribution in [-0.4, -0.2) is 27.5 Å². The van der Waals surface area contributed by atoms with E-state index in [1.807, 2.05) is 6.92 Å². The zero-order valence-corrected chi connectivity index (χ0v) is 16.2. The molecule has 1 atom stereocenters. The van der Waals surface area contributed by atoms with Crippen molar-refractivity contribution in [2.24, 2.45) is 23.2 Å². The minimum Gasteiger partial charge on any atom is -0.468 e. The van der Waals surface area contributed by atoms with E-state index in [0.717, 1.165) is 24.8 Å². The van der Waals surface area contributed by atoms with Gasteiger partial charge in [-0.2, -0.15) is 4.72 Å². The van der Waals surface area contributed by atoms with E-state index in [1.54, 1.807) is 24.3 Å². The normalized spacial score (nSPS) is 33.8. The van der Waals surface area contributed by atoms with Crippen LogP contribution < -0.4 is 4.72 Å². The summed E-state index contributed by atoms with van der Waals surface area (Å²) in [5.41, 5.74) is 0.703. The molecule has 0 spiro atoms. The first-order valence-corrected chi connectivity index (χ1v) is 11.0. The Labute approximate surface area is 155 Å². The second-order valence-corrected chi connectivity index (χ2v) is 10.4. The minimum absolute atomic E-state index is 0.196. The van der Waals surface area contributed by atoms with Crippen LogP contribution in [0.4, 0.5) is 0 Å². The molecular formula is C20H27NO4S. The number of nitrogens with one attached hydrogen (secondary N) is 1. The Morgan fingerprint density at radius 3 is 2.04 bits per heavy atom. The van der Waals surface area contributed by atoms with E-state index in [2.05, 4.69) is 4.72 Å². The molecule has 4 aliphatic carbocycles. The topological polar surface area (TPSA) is 72.5 Å². The summed E-state index contributed by atoms with van der Waals surface area (Å²) in [5.74, 6) is 1.41. The third-order valence-corrected chi connectivity index (χ3v) is 8.18. The molecule has 0 aromatic heterocycles. The third-order valence-electron chi connectivity index (χ3n) is 6.74. The van der Waals surface area contributed by atoms with Gasteiger partial charge in [0.25, 0.3) is 0 Å². The van der Waals surface area contributed by atoms with Gasteiger partial charge in [0.2, 0.25) is 10.0 Å². The van der Waals surface area contributed by atoms with Gasteiger partial charge in [-0.25, -0.2) is 8.42 Å². The maximum Gasteiger partial charge on any atom is 0.324 e. The Hall–Kier alpha value is -1.40. The van der Waals surface area contributed by atoms with Gasteiger partial charge in [-0.1, -0.05) is 17.7 Å². The summed E-state index contributed by atoms with van der Waals surface area (Å²) < 4.78 is 33.7. The van der Waals surface area contributed by atoms with Gasteiger partial charge in [-0.15, -0.1) is 0 Å². The van der Waals surface area contributed by atoms with Crippen molar-refractivity contribution in [2.45, 2.75) is 56.4 Å². The molecule has 6 heteroatoms. The largest absolute Gasteiger partial charge is 0.468 e. The van der Waals surface area contributed by atoms with Crippen molar-refractivity contribution in [3.05, 3.63) is 29.8 Å². The zero-order valence-electron chi connectivity index (χ0n) is 15.4. The fourth-order valence-electron chi connectivity index (χ4n) is 6.01. The van der Waals surface area contributed by atoms with E-state index < -0.39 is 22.0 Å². The van der Waals surface area contributed by atoms with E-state index in [1.165, 1.54) is 26.4 Å². The lowest BCUT2D eigenvalue weighted by molar-refractivity contribution is -0.153. The molecule has 26 heavy (non-hydrogen) atoms. The molecule has 0 aliphatic heterocycles. The Balaban J connectivity index is 1.66. The molecule has 4 bridgehead atoms. The lowest BCUT2D eigenvalue weighted by atomic mass is 9.48. The number of aryl methyl sites for hydroxylation is 1. The first-order chi connectivity index (χ1) is 12.3. The van der Waals surface area contributed by atoms with E-state index in [-0.39, 0.29) is 10.3 Å². The van der Waals surface area contributed by atoms with E-state index in [4.69, 9.17) is 4.74 Å². The highest BCUT2D eigenvalue weighted by Crippen LogP contribution is 2.61. The highest BCUT2D eigenvalue weighted by molar-refractivity contribution is 7.89. The Bertz CT molecular complexity index is 764. The third kappa shape index (κ3) is 3.07. The molecular weight excluding hydrogens is 350 g/mol. The molecule has 0 amide bonds. The van der Waals surface area contributed by atoms with Crippen molar-refractivity contribution in [2.75, 3.05) is 7.11 Å². The number of sulfonamides is 1. The molecule has 5 rings (SSSR count). The predicted octanol–water partition coefficient (Wildman–Crippen LogP) is 3.03. The van der Waals surface area contributed by atoms with Crippen LogP contribution in [0, 0.1) is 30.1 Å². The molecule has 0 saturated heterocycles. The van der Waals surface area contributed by atoms with Crippen LogP contribution in [0.15, 0.2) is 29.2 Å². The van der Waals surface area contributed by atoms with Gasteiger partial charge in [0.05, 0.1) is 12.0 Å². The number of benzene rings is 1. The van der Waals surface area contributed by atoms with Crippen molar-refractivity contribution in [1.82, 2.24) is 4.72 Å². The molecule has 1 aromatic rings. The lowest BCUT2D eigenvalue weighted by Crippen LogP contribution is -2.60. The number of hydrogen-bond donors (Lipinski definition) is 1. The molecule has 1 N–H and O–H groups in total. The van der Waals surface area contributed by atoms with Gasteiger partial charge in [-0.3, -0.25) is 4.79 Å². The van der Waals surface area contributed by atoms with Gasteiger partial charge in [-0.05, 0) is 80.8 Å². The van der Waals surface area contributed by atoms with Crippen LogP contribution in [0.1, 0.15) is 44.1 Å². The van der Waals surface area contributed by atoms with Crippen LogP contribution in [-0.2, 0) is 19.6 Å². The fraction of sp³-hybridized carbons (Fsp3) is 0.650. The van der Waals surface area contributed by atoms with Crippen LogP contribution in [0.3, 0.4) is 0 Å². The van der Waals surface area contributed by atoms with E-state index in [9.17, 15) is 13.2 Å². The fourth-order valence-corrected chi connectivity index (χ4v) is 7.30. The number of esters is 1. The van der Waals surface area contributed by atoms with Crippen LogP contribution in [0.2, 0.25) is 0 Å². The van der Waals surface area contributed by atoms with Crippen molar-refractivity contribution in [1.29, 1.82) is 0 Å². The summed E-state index contributed by atoms with van der Waals surface area (Å²) >= 11 is 0. The second kappa shape index (κ2) is 6.34. The summed E-state index contributed by atoms with van der Waals surface area (Å²) in [7, 11) is -2.43. The Morgan fingerprint density at radius 2 is 1.58 bits per heavy atom. The first-order valence-electron chi connectivity index (χ1n) is 9.48. The molecule has 1 unspecified atom stereocenters. The SMILES string of the molecule is COC(=O)C(NS(=O)(=O)c1ccc(C)cc1)C12CC3CC(CC(C3)C1)C2. The summed E-state index contributed by atoms with van der Waals surface area (Å²) in [4.78, 5) is 12.8. The number of carbonyl (C=O) groups is 1. The molecule has 142 valence electrons. The van der Waals surface area contributed by atoms with Gasteiger partial charge in [0.15, 0.2) is 0 Å². The van der Waals surface area contributed by atoms with Crippen LogP contribution in [0.25, 0.3) is 0 Å². The van der Waals surface area contributed by atoms with Crippen molar-refractivity contribution in [3.8, 4) is 0 Å². The predicted molar refractivity (Wildman–Crippen MR) is 97.9 cm³/mol. The van der Waals surface area contributed by atoms with Gasteiger partial charge >= 0.3 is 5.97 Å². The van der Waals surface area contributed by atoms with Gasteiger partial charge in [0, 0.05) is 0 Å². The summed E-state index contributed by atoms with van der Waals surface area (Å²) in [6.07, 6.45) is 6.48. The monoisotopic (exact) mass is 377 g/mol. The average Bonchev–Trinajstić information content (AvgIpc) is 2.58. The van der Waals surface area contributed by atoms with Crippen molar-refractivity contribution < 1.29 is 17.9 Å². The number of hydrogen-bond acceptors (Lipinski definition) is 4. The molecule has 5 nitrogen and oxygen atoms in total. The number of rotatable bonds is 5. The molecule has 0 heterocycles. The molecule has 4 aliphatic rings. The highest BCUT2D eigenvalue weighted by Gasteiger charge is 2.57. The highest BCUT2D eigenvalue weighted by atomic mass is 32.2. The molecule has 4 fully saturated rings. The summed E-state index contributed by atoms with van der Waals surface area (Å²) in [5, 5.41) is 0. The summed E-state index contributed by atoms with van der Waals surface area (Å²) in [6.45, 7) is 1.91. The average molecular weight is 378 g/mol. The number of ether oxygens (including phenoxy) is 1. The van der Waals surface area contributed by atoms with E-state index >= 15 is 0 Å². The van der Waals surface area contributed by atoms with E-state index in [0.29, 0.717) is 17.8 Å².